The molecule has 1 N–H and O–H groups in total. The Bertz CT molecular complexity index is 881. The molecule has 1 heterocycles. The Hall–Kier alpha value is -2.60. The number of likely N-dealkylation sites (N-methyl/N-ethyl adjacent to an activating group) is 1. The number of amides is 1. The number of fused-ring (bicyclic) bond motifs is 1. The van der Waals surface area contributed by atoms with Gasteiger partial charge in [-0.3, -0.25) is 4.79 Å². The maximum Gasteiger partial charge on any atom is 0.243 e. The van der Waals surface area contributed by atoms with Crippen molar-refractivity contribution >= 4 is 38.3 Å². The number of aryl methyl sites for hydroxylation is 2. The summed E-state index contributed by atoms with van der Waals surface area (Å²) < 4.78 is 6.35. The summed E-state index contributed by atoms with van der Waals surface area (Å²) in [6.07, 6.45) is 0. The number of nitrogens with one attached hydrogen (secondary N) is 1. The van der Waals surface area contributed by atoms with Crippen molar-refractivity contribution in [1.29, 1.82) is 0 Å². The molecule has 3 rings (SSSR count). The fourth-order valence-corrected chi connectivity index (χ4v) is 3.67. The van der Waals surface area contributed by atoms with Crippen molar-refractivity contribution in [1.82, 2.24) is 4.98 Å². The van der Waals surface area contributed by atoms with Gasteiger partial charge in [-0.25, -0.2) is 4.98 Å². The molecule has 5 nitrogen and oxygen atoms in total. The maximum absolute atomic E-state index is 12.3. The fraction of sp³-hybridized carbons (Fsp3) is 0.263. The molecular weight excluding hydrogens is 334 g/mol. The van der Waals surface area contributed by atoms with E-state index >= 15 is 0 Å². The number of nitrogens with zero attached hydrogens (tertiary/aromatic N) is 2. The number of ether oxygens (including phenoxy) is 1. The van der Waals surface area contributed by atoms with E-state index in [9.17, 15) is 4.79 Å². The molecule has 0 saturated heterocycles. The van der Waals surface area contributed by atoms with Gasteiger partial charge in [0.25, 0.3) is 0 Å². The summed E-state index contributed by atoms with van der Waals surface area (Å²) in [5.41, 5.74) is 4.09. The van der Waals surface area contributed by atoms with Crippen LogP contribution in [0.3, 0.4) is 0 Å². The largest absolute Gasteiger partial charge is 0.497 e. The zero-order valence-electron chi connectivity index (χ0n) is 14.8. The number of aromatic nitrogens is 1. The van der Waals surface area contributed by atoms with Gasteiger partial charge in [-0.05, 0) is 37.1 Å². The lowest BCUT2D eigenvalue weighted by atomic mass is 10.1. The summed E-state index contributed by atoms with van der Waals surface area (Å²) in [5.74, 6) is 0.617. The zero-order valence-corrected chi connectivity index (χ0v) is 15.6. The quantitative estimate of drug-likeness (QED) is 0.752. The first-order chi connectivity index (χ1) is 12.0. The standard InChI is InChI=1S/C19H21N3O2S/c1-12-8-9-13(2)18-17(12)21-19(25-18)22(3)11-16(23)20-14-6-5-7-15(10-14)24-4/h5-10H,11H2,1-4H3,(H,20,23). The lowest BCUT2D eigenvalue weighted by Crippen LogP contribution is -2.29. The van der Waals surface area contributed by atoms with Crippen LogP contribution in [-0.2, 0) is 4.79 Å². The van der Waals surface area contributed by atoms with Gasteiger partial charge in [0.15, 0.2) is 5.13 Å². The van der Waals surface area contributed by atoms with Gasteiger partial charge < -0.3 is 15.0 Å². The van der Waals surface area contributed by atoms with Crippen molar-refractivity contribution in [3.63, 3.8) is 0 Å². The van der Waals surface area contributed by atoms with Crippen molar-refractivity contribution in [2.75, 3.05) is 30.9 Å². The second-order valence-corrected chi connectivity index (χ2v) is 6.99. The third-order valence-corrected chi connectivity index (χ3v) is 5.30. The maximum atomic E-state index is 12.3. The van der Waals surface area contributed by atoms with Gasteiger partial charge in [0, 0.05) is 18.8 Å². The number of carbonyl (C=O) groups is 1. The normalized spacial score (nSPS) is 10.7. The molecule has 130 valence electrons. The molecule has 0 unspecified atom stereocenters. The molecule has 0 aliphatic heterocycles. The molecule has 0 spiro atoms. The van der Waals surface area contributed by atoms with E-state index in [1.807, 2.05) is 30.1 Å². The highest BCUT2D eigenvalue weighted by Crippen LogP contribution is 2.32. The first kappa shape index (κ1) is 17.2. The van der Waals surface area contributed by atoms with E-state index in [0.29, 0.717) is 11.4 Å². The van der Waals surface area contributed by atoms with Crippen molar-refractivity contribution in [2.45, 2.75) is 13.8 Å². The number of thiazole rings is 1. The molecule has 1 aromatic heterocycles. The van der Waals surface area contributed by atoms with E-state index in [0.717, 1.165) is 16.2 Å². The number of anilines is 2. The van der Waals surface area contributed by atoms with Crippen LogP contribution in [-0.4, -0.2) is 31.6 Å². The molecule has 0 bridgehead atoms. The van der Waals surface area contributed by atoms with E-state index in [1.165, 1.54) is 10.3 Å². The van der Waals surface area contributed by atoms with Crippen molar-refractivity contribution in [3.05, 3.63) is 47.5 Å². The molecule has 25 heavy (non-hydrogen) atoms. The van der Waals surface area contributed by atoms with E-state index in [-0.39, 0.29) is 12.5 Å². The molecule has 6 heteroatoms. The minimum absolute atomic E-state index is 0.0940. The topological polar surface area (TPSA) is 54.5 Å². The highest BCUT2D eigenvalue weighted by Gasteiger charge is 2.14. The van der Waals surface area contributed by atoms with Crippen LogP contribution in [0.25, 0.3) is 10.2 Å². The van der Waals surface area contributed by atoms with Crippen LogP contribution in [0.5, 0.6) is 5.75 Å². The van der Waals surface area contributed by atoms with Crippen LogP contribution >= 0.6 is 11.3 Å². The van der Waals surface area contributed by atoms with Gasteiger partial charge in [-0.1, -0.05) is 29.5 Å². The van der Waals surface area contributed by atoms with Crippen molar-refractivity contribution < 1.29 is 9.53 Å². The Morgan fingerprint density at radius 3 is 2.72 bits per heavy atom. The summed E-state index contributed by atoms with van der Waals surface area (Å²) in [6, 6.07) is 11.5. The van der Waals surface area contributed by atoms with E-state index in [2.05, 4.69) is 31.3 Å². The molecule has 0 aliphatic carbocycles. The minimum atomic E-state index is -0.0940. The number of hydrogen-bond acceptors (Lipinski definition) is 5. The number of rotatable bonds is 5. The smallest absolute Gasteiger partial charge is 0.243 e. The molecule has 0 atom stereocenters. The second-order valence-electron chi connectivity index (χ2n) is 6.01. The van der Waals surface area contributed by atoms with Crippen LogP contribution in [0.2, 0.25) is 0 Å². The molecule has 1 amide bonds. The van der Waals surface area contributed by atoms with Gasteiger partial charge >= 0.3 is 0 Å². The second kappa shape index (κ2) is 7.11. The molecule has 2 aromatic carbocycles. The SMILES string of the molecule is COc1cccc(NC(=O)CN(C)c2nc3c(C)ccc(C)c3s2)c1. The summed E-state index contributed by atoms with van der Waals surface area (Å²) in [4.78, 5) is 18.9. The predicted molar refractivity (Wildman–Crippen MR) is 104 cm³/mol. The van der Waals surface area contributed by atoms with E-state index in [1.54, 1.807) is 24.5 Å². The first-order valence-corrected chi connectivity index (χ1v) is 8.81. The zero-order chi connectivity index (χ0) is 18.0. The molecule has 0 saturated carbocycles. The van der Waals surface area contributed by atoms with Crippen LogP contribution in [0.1, 0.15) is 11.1 Å². The Balaban J connectivity index is 1.73. The Morgan fingerprint density at radius 1 is 1.24 bits per heavy atom. The van der Waals surface area contributed by atoms with E-state index in [4.69, 9.17) is 9.72 Å². The predicted octanol–water partition coefficient (Wildman–Crippen LogP) is 4.00. The number of carbonyl (C=O) groups excluding carboxylic acids is 1. The summed E-state index contributed by atoms with van der Waals surface area (Å²) in [5, 5.41) is 3.73. The third-order valence-electron chi connectivity index (χ3n) is 3.99. The van der Waals surface area contributed by atoms with Crippen LogP contribution in [0.15, 0.2) is 36.4 Å². The van der Waals surface area contributed by atoms with Crippen molar-refractivity contribution in [2.24, 2.45) is 0 Å². The Kier molecular flexibility index (Phi) is 4.90. The molecular formula is C19H21N3O2S. The number of benzene rings is 2. The van der Waals surface area contributed by atoms with Crippen LogP contribution in [0, 0.1) is 13.8 Å². The molecule has 0 aliphatic rings. The van der Waals surface area contributed by atoms with Gasteiger partial charge in [0.2, 0.25) is 5.91 Å². The summed E-state index contributed by atoms with van der Waals surface area (Å²) in [6.45, 7) is 4.37. The molecule has 0 fully saturated rings. The van der Waals surface area contributed by atoms with E-state index < -0.39 is 0 Å². The average molecular weight is 355 g/mol. The average Bonchev–Trinajstić information content (AvgIpc) is 3.05. The van der Waals surface area contributed by atoms with Crippen LogP contribution in [0.4, 0.5) is 10.8 Å². The number of methoxy groups -OCH3 is 1. The minimum Gasteiger partial charge on any atom is -0.497 e. The fourth-order valence-electron chi connectivity index (χ4n) is 2.60. The first-order valence-electron chi connectivity index (χ1n) is 7.99. The van der Waals surface area contributed by atoms with Gasteiger partial charge in [-0.15, -0.1) is 0 Å². The highest BCUT2D eigenvalue weighted by atomic mass is 32.1. The number of hydrogen-bond donors (Lipinski definition) is 1. The molecule has 0 radical (unpaired) electrons. The lowest BCUT2D eigenvalue weighted by Gasteiger charge is -2.15. The third kappa shape index (κ3) is 3.74. The van der Waals surface area contributed by atoms with Crippen molar-refractivity contribution in [3.8, 4) is 5.75 Å². The lowest BCUT2D eigenvalue weighted by molar-refractivity contribution is -0.114. The van der Waals surface area contributed by atoms with Gasteiger partial charge in [-0.2, -0.15) is 0 Å². The summed E-state index contributed by atoms with van der Waals surface area (Å²) in [7, 11) is 3.49. The van der Waals surface area contributed by atoms with Gasteiger partial charge in [0.05, 0.1) is 23.9 Å². The van der Waals surface area contributed by atoms with Crippen LogP contribution < -0.4 is 15.0 Å². The van der Waals surface area contributed by atoms with Gasteiger partial charge in [0.1, 0.15) is 5.75 Å². The Labute approximate surface area is 151 Å². The monoisotopic (exact) mass is 355 g/mol. The highest BCUT2D eigenvalue weighted by molar-refractivity contribution is 7.22. The summed E-state index contributed by atoms with van der Waals surface area (Å²) >= 11 is 1.62. The Morgan fingerprint density at radius 2 is 2.00 bits per heavy atom. The molecule has 3 aromatic rings.